The number of fused-ring (bicyclic) bond motifs is 4. The number of oxazole rings is 1. The van der Waals surface area contributed by atoms with Crippen molar-refractivity contribution in [2.45, 2.75) is 25.4 Å². The summed E-state index contributed by atoms with van der Waals surface area (Å²) in [6.07, 6.45) is 2.32. The minimum Gasteiger partial charge on any atom is -0.423 e. The third-order valence-electron chi connectivity index (χ3n) is 5.73. The predicted octanol–water partition coefficient (Wildman–Crippen LogP) is 3.54. The number of anilines is 2. The lowest BCUT2D eigenvalue weighted by Crippen LogP contribution is -2.59. The molecule has 2 bridgehead atoms. The van der Waals surface area contributed by atoms with Gasteiger partial charge in [-0.3, -0.25) is 10.1 Å². The summed E-state index contributed by atoms with van der Waals surface area (Å²) in [6, 6.07) is 7.41. The van der Waals surface area contributed by atoms with Crippen LogP contribution in [0, 0.1) is 0 Å². The molecule has 3 aromatic rings. The summed E-state index contributed by atoms with van der Waals surface area (Å²) >= 11 is 7.54. The van der Waals surface area contributed by atoms with Crippen LogP contribution in [0.4, 0.5) is 15.9 Å². The summed E-state index contributed by atoms with van der Waals surface area (Å²) in [5.74, 6) is 0.657. The van der Waals surface area contributed by atoms with Gasteiger partial charge >= 0.3 is 6.03 Å². The standard InChI is InChI=1S/C21H21ClN6O3S/c1-11(29)27-9-14-7-15-18(32-20(25-15)26-19(30)23-2)16(10-27)28(14)21-24-8-17(31-21)12-4-3-5-13(22)6-12/h3-6,8,14,16H,7,9-10H2,1-2H3,(H2,23,25,26,30). The first-order valence-electron chi connectivity index (χ1n) is 10.2. The zero-order chi connectivity index (χ0) is 22.4. The van der Waals surface area contributed by atoms with Crippen LogP contribution in [-0.2, 0) is 11.2 Å². The van der Waals surface area contributed by atoms with Crippen molar-refractivity contribution in [3.8, 4) is 11.3 Å². The van der Waals surface area contributed by atoms with Gasteiger partial charge in [-0.05, 0) is 12.1 Å². The SMILES string of the molecule is CNC(=O)Nc1nc2c(s1)C1CN(C(C)=O)CC(C2)N1c1ncc(-c2cccc(Cl)c2)o1. The Morgan fingerprint density at radius 3 is 2.91 bits per heavy atom. The molecule has 1 saturated heterocycles. The van der Waals surface area contributed by atoms with E-state index >= 15 is 0 Å². The molecule has 2 aliphatic heterocycles. The lowest BCUT2D eigenvalue weighted by Gasteiger charge is -2.48. The van der Waals surface area contributed by atoms with Crippen LogP contribution < -0.4 is 15.5 Å². The fourth-order valence-corrected chi connectivity index (χ4v) is 5.52. The van der Waals surface area contributed by atoms with Gasteiger partial charge in [0, 0.05) is 44.1 Å². The number of nitrogens with zero attached hydrogens (tertiary/aromatic N) is 4. The maximum Gasteiger partial charge on any atom is 0.320 e. The van der Waals surface area contributed by atoms with Crippen LogP contribution in [0.15, 0.2) is 34.9 Å². The highest BCUT2D eigenvalue weighted by Crippen LogP contribution is 2.44. The minimum absolute atomic E-state index is 0.0309. The first kappa shape index (κ1) is 20.8. The number of amides is 3. The monoisotopic (exact) mass is 472 g/mol. The molecule has 32 heavy (non-hydrogen) atoms. The van der Waals surface area contributed by atoms with Crippen molar-refractivity contribution >= 4 is 46.0 Å². The van der Waals surface area contributed by atoms with E-state index in [1.807, 2.05) is 29.2 Å². The molecular formula is C21H21ClN6O3S. The van der Waals surface area contributed by atoms with Gasteiger partial charge in [-0.25, -0.2) is 14.8 Å². The largest absolute Gasteiger partial charge is 0.423 e. The molecule has 4 heterocycles. The van der Waals surface area contributed by atoms with Gasteiger partial charge in [-0.1, -0.05) is 35.1 Å². The van der Waals surface area contributed by atoms with Gasteiger partial charge in [0.05, 0.1) is 28.9 Å². The number of thiazole rings is 1. The van der Waals surface area contributed by atoms with Crippen molar-refractivity contribution in [1.29, 1.82) is 0 Å². The second-order valence-corrected chi connectivity index (χ2v) is 9.22. The van der Waals surface area contributed by atoms with E-state index in [9.17, 15) is 9.59 Å². The van der Waals surface area contributed by atoms with E-state index < -0.39 is 0 Å². The van der Waals surface area contributed by atoms with Gasteiger partial charge < -0.3 is 19.5 Å². The number of halogens is 1. The minimum atomic E-state index is -0.319. The van der Waals surface area contributed by atoms with Crippen molar-refractivity contribution in [2.75, 3.05) is 30.4 Å². The molecule has 5 rings (SSSR count). The topological polar surface area (TPSA) is 104 Å². The second-order valence-electron chi connectivity index (χ2n) is 7.76. The van der Waals surface area contributed by atoms with Gasteiger partial charge in [0.1, 0.15) is 0 Å². The fraction of sp³-hybridized carbons (Fsp3) is 0.333. The third kappa shape index (κ3) is 3.69. The van der Waals surface area contributed by atoms with Crippen molar-refractivity contribution in [2.24, 2.45) is 0 Å². The number of carbonyl (C=O) groups excluding carboxylic acids is 2. The number of nitrogens with one attached hydrogen (secondary N) is 2. The molecule has 0 radical (unpaired) electrons. The Morgan fingerprint density at radius 2 is 2.16 bits per heavy atom. The van der Waals surface area contributed by atoms with Crippen molar-refractivity contribution in [3.63, 3.8) is 0 Å². The van der Waals surface area contributed by atoms with Gasteiger partial charge in [0.25, 0.3) is 6.01 Å². The maximum absolute atomic E-state index is 12.2. The smallest absolute Gasteiger partial charge is 0.320 e. The van der Waals surface area contributed by atoms with E-state index in [1.54, 1.807) is 20.2 Å². The fourth-order valence-electron chi connectivity index (χ4n) is 4.25. The molecule has 0 spiro atoms. The van der Waals surface area contributed by atoms with Gasteiger partial charge in [0.2, 0.25) is 5.91 Å². The molecule has 9 nitrogen and oxygen atoms in total. The van der Waals surface area contributed by atoms with E-state index in [1.165, 1.54) is 11.3 Å². The highest BCUT2D eigenvalue weighted by molar-refractivity contribution is 7.16. The van der Waals surface area contributed by atoms with Gasteiger partial charge in [-0.15, -0.1) is 0 Å². The second kappa shape index (κ2) is 8.10. The van der Waals surface area contributed by atoms with Crippen molar-refractivity contribution in [1.82, 2.24) is 20.2 Å². The number of hydrogen-bond acceptors (Lipinski definition) is 7. The Balaban J connectivity index is 1.51. The molecule has 11 heteroatoms. The molecule has 0 aliphatic carbocycles. The molecular weight excluding hydrogens is 452 g/mol. The lowest BCUT2D eigenvalue weighted by atomic mass is 9.93. The Morgan fingerprint density at radius 1 is 1.31 bits per heavy atom. The summed E-state index contributed by atoms with van der Waals surface area (Å²) < 4.78 is 6.16. The summed E-state index contributed by atoms with van der Waals surface area (Å²) in [5, 5.41) is 6.45. The normalized spacial score (nSPS) is 19.5. The maximum atomic E-state index is 12.2. The number of hydrogen-bond donors (Lipinski definition) is 2. The number of carbonyl (C=O) groups is 2. The van der Waals surface area contributed by atoms with Crippen molar-refractivity contribution < 1.29 is 14.0 Å². The number of aromatic nitrogens is 2. The number of piperazine rings is 1. The van der Waals surface area contributed by atoms with Crippen LogP contribution in [0.25, 0.3) is 11.3 Å². The zero-order valence-electron chi connectivity index (χ0n) is 17.5. The third-order valence-corrected chi connectivity index (χ3v) is 7.08. The summed E-state index contributed by atoms with van der Waals surface area (Å²) in [5.41, 5.74) is 1.79. The Kier molecular flexibility index (Phi) is 5.26. The van der Waals surface area contributed by atoms with Gasteiger partial charge in [0.15, 0.2) is 10.9 Å². The average Bonchev–Trinajstić information content (AvgIpc) is 3.40. The zero-order valence-corrected chi connectivity index (χ0v) is 19.0. The first-order valence-corrected chi connectivity index (χ1v) is 11.4. The molecule has 2 unspecified atom stereocenters. The molecule has 2 aromatic heterocycles. The highest BCUT2D eigenvalue weighted by Gasteiger charge is 2.45. The summed E-state index contributed by atoms with van der Waals surface area (Å²) in [6.45, 7) is 2.63. The number of benzene rings is 1. The van der Waals surface area contributed by atoms with E-state index in [-0.39, 0.29) is 24.0 Å². The Hall–Kier alpha value is -3.11. The van der Waals surface area contributed by atoms with Crippen LogP contribution in [0.2, 0.25) is 5.02 Å². The van der Waals surface area contributed by atoms with E-state index in [4.69, 9.17) is 16.0 Å². The van der Waals surface area contributed by atoms with E-state index in [0.29, 0.717) is 41.4 Å². The molecule has 166 valence electrons. The molecule has 2 N–H and O–H groups in total. The quantitative estimate of drug-likeness (QED) is 0.604. The van der Waals surface area contributed by atoms with Crippen LogP contribution in [0.1, 0.15) is 23.5 Å². The van der Waals surface area contributed by atoms with Crippen molar-refractivity contribution in [3.05, 3.63) is 46.1 Å². The first-order chi connectivity index (χ1) is 15.4. The highest BCUT2D eigenvalue weighted by atomic mass is 35.5. The molecule has 3 amide bonds. The molecule has 1 fully saturated rings. The van der Waals surface area contributed by atoms with Crippen LogP contribution >= 0.6 is 22.9 Å². The van der Waals surface area contributed by atoms with E-state index in [2.05, 4.69) is 25.5 Å². The molecule has 2 atom stereocenters. The number of urea groups is 1. The Labute approximate surface area is 193 Å². The molecule has 1 aromatic carbocycles. The van der Waals surface area contributed by atoms with E-state index in [0.717, 1.165) is 16.1 Å². The van der Waals surface area contributed by atoms with Crippen LogP contribution in [0.5, 0.6) is 0 Å². The summed E-state index contributed by atoms with van der Waals surface area (Å²) in [7, 11) is 1.56. The predicted molar refractivity (Wildman–Crippen MR) is 122 cm³/mol. The van der Waals surface area contributed by atoms with Crippen LogP contribution in [0.3, 0.4) is 0 Å². The molecule has 2 aliphatic rings. The Bertz CT molecular complexity index is 1190. The van der Waals surface area contributed by atoms with Gasteiger partial charge in [-0.2, -0.15) is 0 Å². The molecule has 0 saturated carbocycles. The summed E-state index contributed by atoms with van der Waals surface area (Å²) in [4.78, 5) is 38.1. The lowest BCUT2D eigenvalue weighted by molar-refractivity contribution is -0.130. The number of rotatable bonds is 3. The van der Waals surface area contributed by atoms with Crippen LogP contribution in [-0.4, -0.2) is 53.0 Å². The average molecular weight is 473 g/mol.